The standard InChI is InChI=1S/C7H12N4O/c8-5-6-1-2-9-7(11-6)10-3-4-12/h1-2,12H,3-5,8H2,(H,9,10,11). The summed E-state index contributed by atoms with van der Waals surface area (Å²) in [5.74, 6) is 0.506. The maximum absolute atomic E-state index is 8.51. The Balaban J connectivity index is 2.60. The number of anilines is 1. The van der Waals surface area contributed by atoms with E-state index in [-0.39, 0.29) is 6.61 Å². The highest BCUT2D eigenvalue weighted by molar-refractivity contribution is 5.24. The number of rotatable bonds is 4. The van der Waals surface area contributed by atoms with Crippen molar-refractivity contribution in [3.05, 3.63) is 18.0 Å². The Morgan fingerprint density at radius 2 is 2.42 bits per heavy atom. The van der Waals surface area contributed by atoms with E-state index in [1.165, 1.54) is 0 Å². The molecule has 0 atom stereocenters. The van der Waals surface area contributed by atoms with Crippen LogP contribution < -0.4 is 11.1 Å². The minimum atomic E-state index is 0.0657. The fraction of sp³-hybridized carbons (Fsp3) is 0.429. The molecule has 0 radical (unpaired) electrons. The summed E-state index contributed by atoms with van der Waals surface area (Å²) < 4.78 is 0. The number of nitrogens with two attached hydrogens (primary N) is 1. The predicted octanol–water partition coefficient (Wildman–Crippen LogP) is -0.661. The fourth-order valence-corrected chi connectivity index (χ4v) is 0.763. The van der Waals surface area contributed by atoms with Crippen LogP contribution in [0.15, 0.2) is 12.3 Å². The van der Waals surface area contributed by atoms with Gasteiger partial charge in [-0.15, -0.1) is 0 Å². The zero-order valence-electron chi connectivity index (χ0n) is 6.70. The van der Waals surface area contributed by atoms with Gasteiger partial charge in [-0.05, 0) is 6.07 Å². The minimum Gasteiger partial charge on any atom is -0.395 e. The van der Waals surface area contributed by atoms with E-state index in [4.69, 9.17) is 10.8 Å². The zero-order valence-corrected chi connectivity index (χ0v) is 6.70. The van der Waals surface area contributed by atoms with Gasteiger partial charge in [0, 0.05) is 19.3 Å². The van der Waals surface area contributed by atoms with Gasteiger partial charge in [0.25, 0.3) is 0 Å². The van der Waals surface area contributed by atoms with Gasteiger partial charge in [-0.1, -0.05) is 0 Å². The molecular formula is C7H12N4O. The molecule has 5 heteroatoms. The van der Waals surface area contributed by atoms with E-state index < -0.39 is 0 Å². The first-order valence-corrected chi connectivity index (χ1v) is 3.73. The molecule has 1 rings (SSSR count). The van der Waals surface area contributed by atoms with E-state index >= 15 is 0 Å². The van der Waals surface area contributed by atoms with Crippen LogP contribution in [0.5, 0.6) is 0 Å². The van der Waals surface area contributed by atoms with E-state index in [0.717, 1.165) is 5.69 Å². The molecule has 5 nitrogen and oxygen atoms in total. The van der Waals surface area contributed by atoms with Crippen molar-refractivity contribution in [3.8, 4) is 0 Å². The highest BCUT2D eigenvalue weighted by Crippen LogP contribution is 1.98. The summed E-state index contributed by atoms with van der Waals surface area (Å²) in [6, 6.07) is 1.75. The number of hydrogen-bond donors (Lipinski definition) is 3. The summed E-state index contributed by atoms with van der Waals surface area (Å²) in [4.78, 5) is 8.01. The van der Waals surface area contributed by atoms with Crippen LogP contribution in [0.25, 0.3) is 0 Å². The molecule has 1 heterocycles. The summed E-state index contributed by atoms with van der Waals surface area (Å²) >= 11 is 0. The SMILES string of the molecule is NCc1ccnc(NCCO)n1. The highest BCUT2D eigenvalue weighted by Gasteiger charge is 1.95. The Morgan fingerprint density at radius 3 is 3.08 bits per heavy atom. The molecule has 0 aliphatic rings. The van der Waals surface area contributed by atoms with E-state index in [1.807, 2.05) is 0 Å². The summed E-state index contributed by atoms with van der Waals surface area (Å²) in [6.45, 7) is 0.917. The van der Waals surface area contributed by atoms with Gasteiger partial charge in [-0.25, -0.2) is 9.97 Å². The molecule has 0 aromatic carbocycles. The highest BCUT2D eigenvalue weighted by atomic mass is 16.3. The van der Waals surface area contributed by atoms with Crippen molar-refractivity contribution in [1.29, 1.82) is 0 Å². The predicted molar refractivity (Wildman–Crippen MR) is 45.5 cm³/mol. The zero-order chi connectivity index (χ0) is 8.81. The van der Waals surface area contributed by atoms with Gasteiger partial charge in [0.1, 0.15) is 0 Å². The smallest absolute Gasteiger partial charge is 0.222 e. The number of nitrogens with zero attached hydrogens (tertiary/aromatic N) is 2. The monoisotopic (exact) mass is 168 g/mol. The summed E-state index contributed by atoms with van der Waals surface area (Å²) in [7, 11) is 0. The minimum absolute atomic E-state index is 0.0657. The molecular weight excluding hydrogens is 156 g/mol. The molecule has 4 N–H and O–H groups in total. The van der Waals surface area contributed by atoms with Gasteiger partial charge in [0.05, 0.1) is 12.3 Å². The molecule has 0 spiro atoms. The largest absolute Gasteiger partial charge is 0.395 e. The van der Waals surface area contributed by atoms with Crippen molar-refractivity contribution < 1.29 is 5.11 Å². The van der Waals surface area contributed by atoms with Crippen molar-refractivity contribution >= 4 is 5.95 Å². The Bertz CT molecular complexity index is 241. The molecule has 0 saturated heterocycles. The first kappa shape index (κ1) is 8.89. The number of nitrogens with one attached hydrogen (secondary N) is 1. The van der Waals surface area contributed by atoms with Crippen LogP contribution in [0.4, 0.5) is 5.95 Å². The molecule has 0 aliphatic carbocycles. The van der Waals surface area contributed by atoms with Crippen LogP contribution in [0.3, 0.4) is 0 Å². The topological polar surface area (TPSA) is 84.1 Å². The quantitative estimate of drug-likeness (QED) is 0.555. The maximum Gasteiger partial charge on any atom is 0.222 e. The van der Waals surface area contributed by atoms with Gasteiger partial charge >= 0.3 is 0 Å². The Morgan fingerprint density at radius 1 is 1.58 bits per heavy atom. The number of hydrogen-bond acceptors (Lipinski definition) is 5. The van der Waals surface area contributed by atoms with Gasteiger partial charge in [0.15, 0.2) is 0 Å². The molecule has 1 aromatic heterocycles. The average molecular weight is 168 g/mol. The Kier molecular flexibility index (Phi) is 3.43. The van der Waals surface area contributed by atoms with Gasteiger partial charge in [-0.2, -0.15) is 0 Å². The molecule has 0 bridgehead atoms. The second-order valence-corrected chi connectivity index (χ2v) is 2.23. The van der Waals surface area contributed by atoms with Crippen molar-refractivity contribution in [2.45, 2.75) is 6.54 Å². The van der Waals surface area contributed by atoms with Gasteiger partial charge in [0.2, 0.25) is 5.95 Å². The molecule has 0 fully saturated rings. The molecule has 0 amide bonds. The molecule has 1 aromatic rings. The van der Waals surface area contributed by atoms with Gasteiger partial charge in [-0.3, -0.25) is 0 Å². The summed E-state index contributed by atoms with van der Waals surface area (Å²) in [5.41, 5.74) is 6.16. The third-order valence-corrected chi connectivity index (χ3v) is 1.32. The molecule has 66 valence electrons. The van der Waals surface area contributed by atoms with E-state index in [9.17, 15) is 0 Å². The van der Waals surface area contributed by atoms with Crippen molar-refractivity contribution in [2.24, 2.45) is 5.73 Å². The lowest BCUT2D eigenvalue weighted by molar-refractivity contribution is 0.311. The second-order valence-electron chi connectivity index (χ2n) is 2.23. The molecule has 0 aliphatic heterocycles. The molecule has 0 unspecified atom stereocenters. The van der Waals surface area contributed by atoms with Crippen molar-refractivity contribution in [2.75, 3.05) is 18.5 Å². The van der Waals surface area contributed by atoms with Crippen LogP contribution in [0, 0.1) is 0 Å². The van der Waals surface area contributed by atoms with E-state index in [2.05, 4.69) is 15.3 Å². The summed E-state index contributed by atoms with van der Waals surface area (Å²) in [5, 5.41) is 11.4. The van der Waals surface area contributed by atoms with E-state index in [1.54, 1.807) is 12.3 Å². The van der Waals surface area contributed by atoms with Crippen LogP contribution >= 0.6 is 0 Å². The van der Waals surface area contributed by atoms with Crippen molar-refractivity contribution in [1.82, 2.24) is 9.97 Å². The lowest BCUT2D eigenvalue weighted by atomic mass is 10.4. The molecule has 0 saturated carbocycles. The van der Waals surface area contributed by atoms with Crippen LogP contribution in [-0.2, 0) is 6.54 Å². The first-order valence-electron chi connectivity index (χ1n) is 3.73. The number of aromatic nitrogens is 2. The van der Waals surface area contributed by atoms with Crippen LogP contribution in [0.1, 0.15) is 5.69 Å². The number of aliphatic hydroxyl groups is 1. The Hall–Kier alpha value is -1.20. The third kappa shape index (κ3) is 2.44. The van der Waals surface area contributed by atoms with E-state index in [0.29, 0.717) is 19.0 Å². The lowest BCUT2D eigenvalue weighted by Crippen LogP contribution is -2.10. The Labute approximate surface area is 70.6 Å². The number of aliphatic hydroxyl groups excluding tert-OH is 1. The third-order valence-electron chi connectivity index (χ3n) is 1.32. The van der Waals surface area contributed by atoms with Crippen molar-refractivity contribution in [3.63, 3.8) is 0 Å². The lowest BCUT2D eigenvalue weighted by Gasteiger charge is -2.02. The fourth-order valence-electron chi connectivity index (χ4n) is 0.763. The normalized spacial score (nSPS) is 9.83. The summed E-state index contributed by atoms with van der Waals surface area (Å²) in [6.07, 6.45) is 1.63. The average Bonchev–Trinajstić information content (AvgIpc) is 2.15. The maximum atomic E-state index is 8.51. The van der Waals surface area contributed by atoms with Crippen LogP contribution in [0.2, 0.25) is 0 Å². The van der Waals surface area contributed by atoms with Crippen LogP contribution in [-0.4, -0.2) is 28.2 Å². The second kappa shape index (κ2) is 4.63. The molecule has 12 heavy (non-hydrogen) atoms. The van der Waals surface area contributed by atoms with Gasteiger partial charge < -0.3 is 16.2 Å². The first-order chi connectivity index (χ1) is 5.86.